The van der Waals surface area contributed by atoms with Crippen LogP contribution in [0.2, 0.25) is 0 Å². The predicted octanol–water partition coefficient (Wildman–Crippen LogP) is 3.42. The van der Waals surface area contributed by atoms with Crippen LogP contribution in [-0.4, -0.2) is 18.1 Å². The van der Waals surface area contributed by atoms with Crippen molar-refractivity contribution in [3.63, 3.8) is 0 Å². The second kappa shape index (κ2) is 4.77. The van der Waals surface area contributed by atoms with Crippen molar-refractivity contribution in [1.82, 2.24) is 4.98 Å². The number of fused-ring (bicyclic) bond motifs is 1. The lowest BCUT2D eigenvalue weighted by molar-refractivity contribution is 0.0602. The number of aromatic nitrogens is 1. The number of halogens is 1. The van der Waals surface area contributed by atoms with Crippen molar-refractivity contribution in [3.8, 4) is 11.5 Å². The average molecular weight is 271 g/mol. The first-order chi connectivity index (χ1) is 9.69. The van der Waals surface area contributed by atoms with Gasteiger partial charge in [-0.2, -0.15) is 0 Å². The highest BCUT2D eigenvalue weighted by Gasteiger charge is 2.16. The molecule has 1 aromatic heterocycles. The molecule has 0 aliphatic rings. The van der Waals surface area contributed by atoms with E-state index in [1.807, 2.05) is 0 Å². The van der Waals surface area contributed by atoms with E-state index in [1.165, 1.54) is 19.2 Å². The zero-order chi connectivity index (χ0) is 14.1. The van der Waals surface area contributed by atoms with Crippen LogP contribution in [-0.2, 0) is 4.74 Å². The zero-order valence-corrected chi connectivity index (χ0v) is 10.6. The summed E-state index contributed by atoms with van der Waals surface area (Å²) in [6, 6.07) is 10.8. The van der Waals surface area contributed by atoms with Gasteiger partial charge in [0.05, 0.1) is 7.11 Å². The Morgan fingerprint density at radius 2 is 1.95 bits per heavy atom. The Morgan fingerprint density at radius 1 is 1.20 bits per heavy atom. The molecular weight excluding hydrogens is 261 g/mol. The van der Waals surface area contributed by atoms with Crippen LogP contribution in [0.4, 0.5) is 4.39 Å². The third kappa shape index (κ3) is 2.03. The van der Waals surface area contributed by atoms with Crippen molar-refractivity contribution >= 4 is 17.1 Å². The van der Waals surface area contributed by atoms with Gasteiger partial charge in [0, 0.05) is 5.56 Å². The second-order valence-corrected chi connectivity index (χ2v) is 4.17. The Kier molecular flexibility index (Phi) is 2.95. The number of para-hydroxylation sites is 1. The summed E-state index contributed by atoms with van der Waals surface area (Å²) < 4.78 is 23.2. The molecule has 0 fully saturated rings. The minimum absolute atomic E-state index is 0.311. The molecule has 100 valence electrons. The lowest BCUT2D eigenvalue weighted by atomic mass is 10.2. The minimum atomic E-state index is -0.489. The molecule has 0 radical (unpaired) electrons. The summed E-state index contributed by atoms with van der Waals surface area (Å²) in [5, 5.41) is 0. The van der Waals surface area contributed by atoms with Crippen molar-refractivity contribution in [3.05, 3.63) is 53.8 Å². The molecule has 3 rings (SSSR count). The maximum atomic E-state index is 12.9. The summed E-state index contributed by atoms with van der Waals surface area (Å²) in [5.41, 5.74) is 1.86. The summed E-state index contributed by atoms with van der Waals surface area (Å²) in [5.74, 6) is -0.492. The Bertz CT molecular complexity index is 777. The van der Waals surface area contributed by atoms with Crippen LogP contribution in [0.3, 0.4) is 0 Å². The number of carbonyl (C=O) groups excluding carboxylic acids is 1. The smallest absolute Gasteiger partial charge is 0.341 e. The summed E-state index contributed by atoms with van der Waals surface area (Å²) in [4.78, 5) is 16.0. The largest absolute Gasteiger partial charge is 0.465 e. The van der Waals surface area contributed by atoms with Gasteiger partial charge in [-0.3, -0.25) is 0 Å². The monoisotopic (exact) mass is 271 g/mol. The highest BCUT2D eigenvalue weighted by atomic mass is 19.1. The number of carbonyl (C=O) groups is 1. The van der Waals surface area contributed by atoms with E-state index in [9.17, 15) is 9.18 Å². The summed E-state index contributed by atoms with van der Waals surface area (Å²) in [6.07, 6.45) is 0. The number of ether oxygens (including phenoxy) is 1. The van der Waals surface area contributed by atoms with Crippen LogP contribution >= 0.6 is 0 Å². The summed E-state index contributed by atoms with van der Waals surface area (Å²) in [6.45, 7) is 0. The van der Waals surface area contributed by atoms with E-state index < -0.39 is 5.97 Å². The molecule has 0 bridgehead atoms. The third-order valence-corrected chi connectivity index (χ3v) is 2.91. The number of methoxy groups -OCH3 is 1. The lowest BCUT2D eigenvalue weighted by Gasteiger charge is -1.98. The van der Waals surface area contributed by atoms with E-state index in [2.05, 4.69) is 4.98 Å². The molecule has 0 aliphatic carbocycles. The fourth-order valence-electron chi connectivity index (χ4n) is 1.94. The molecule has 4 nitrogen and oxygen atoms in total. The quantitative estimate of drug-likeness (QED) is 0.670. The highest BCUT2D eigenvalue weighted by Crippen LogP contribution is 2.27. The molecule has 3 aromatic rings. The van der Waals surface area contributed by atoms with Crippen LogP contribution in [0, 0.1) is 5.82 Å². The van der Waals surface area contributed by atoms with Gasteiger partial charge < -0.3 is 9.15 Å². The normalized spacial score (nSPS) is 10.7. The van der Waals surface area contributed by atoms with Crippen molar-refractivity contribution in [2.75, 3.05) is 7.11 Å². The topological polar surface area (TPSA) is 52.3 Å². The maximum Gasteiger partial charge on any atom is 0.341 e. The van der Waals surface area contributed by atoms with Crippen molar-refractivity contribution in [1.29, 1.82) is 0 Å². The molecule has 0 atom stereocenters. The van der Waals surface area contributed by atoms with Crippen LogP contribution < -0.4 is 0 Å². The molecule has 0 saturated heterocycles. The molecule has 0 N–H and O–H groups in total. The number of oxazole rings is 1. The number of hydrogen-bond acceptors (Lipinski definition) is 4. The van der Waals surface area contributed by atoms with Gasteiger partial charge in [0.1, 0.15) is 16.9 Å². The van der Waals surface area contributed by atoms with Gasteiger partial charge in [-0.05, 0) is 36.4 Å². The number of benzene rings is 2. The fourth-order valence-corrected chi connectivity index (χ4v) is 1.94. The zero-order valence-electron chi connectivity index (χ0n) is 10.6. The molecule has 0 unspecified atom stereocenters. The van der Waals surface area contributed by atoms with E-state index in [1.54, 1.807) is 30.3 Å². The average Bonchev–Trinajstić information content (AvgIpc) is 2.91. The van der Waals surface area contributed by atoms with Gasteiger partial charge in [0.15, 0.2) is 5.58 Å². The van der Waals surface area contributed by atoms with Gasteiger partial charge in [-0.1, -0.05) is 6.07 Å². The van der Waals surface area contributed by atoms with Gasteiger partial charge in [-0.15, -0.1) is 0 Å². The summed E-state index contributed by atoms with van der Waals surface area (Å²) in [7, 11) is 1.30. The standard InChI is InChI=1S/C15H10FNO3/c1-19-15(18)11-3-2-4-12-13(11)20-14(17-12)9-5-7-10(16)8-6-9/h2-8H,1H3. The first kappa shape index (κ1) is 12.3. The first-order valence-electron chi connectivity index (χ1n) is 5.93. The van der Waals surface area contributed by atoms with E-state index >= 15 is 0 Å². The molecule has 0 amide bonds. The fraction of sp³-hybridized carbons (Fsp3) is 0.0667. The number of esters is 1. The molecule has 0 saturated carbocycles. The molecule has 20 heavy (non-hydrogen) atoms. The second-order valence-electron chi connectivity index (χ2n) is 4.17. The minimum Gasteiger partial charge on any atom is -0.465 e. The molecular formula is C15H10FNO3. The van der Waals surface area contributed by atoms with Crippen LogP contribution in [0.5, 0.6) is 0 Å². The lowest BCUT2D eigenvalue weighted by Crippen LogP contribution is -2.00. The van der Waals surface area contributed by atoms with Gasteiger partial charge in [0.2, 0.25) is 5.89 Å². The Labute approximate surface area is 113 Å². The molecule has 0 aliphatic heterocycles. The van der Waals surface area contributed by atoms with E-state index in [4.69, 9.17) is 9.15 Å². The molecule has 5 heteroatoms. The molecule has 0 spiro atoms. The van der Waals surface area contributed by atoms with Crippen molar-refractivity contribution in [2.45, 2.75) is 0 Å². The van der Waals surface area contributed by atoms with Gasteiger partial charge >= 0.3 is 5.97 Å². The summed E-state index contributed by atoms with van der Waals surface area (Å²) >= 11 is 0. The Balaban J connectivity index is 2.15. The molecule has 1 heterocycles. The van der Waals surface area contributed by atoms with E-state index in [0.717, 1.165) is 0 Å². The highest BCUT2D eigenvalue weighted by molar-refractivity contribution is 6.01. The molecule has 2 aromatic carbocycles. The predicted molar refractivity (Wildman–Crippen MR) is 70.7 cm³/mol. The van der Waals surface area contributed by atoms with Gasteiger partial charge in [-0.25, -0.2) is 14.2 Å². The van der Waals surface area contributed by atoms with Crippen LogP contribution in [0.25, 0.3) is 22.6 Å². The number of hydrogen-bond donors (Lipinski definition) is 0. The van der Waals surface area contributed by atoms with Gasteiger partial charge in [0.25, 0.3) is 0 Å². The Morgan fingerprint density at radius 3 is 2.65 bits per heavy atom. The Hall–Kier alpha value is -2.69. The van der Waals surface area contributed by atoms with Crippen LogP contribution in [0.1, 0.15) is 10.4 Å². The SMILES string of the molecule is COC(=O)c1cccc2nc(-c3ccc(F)cc3)oc12. The van der Waals surface area contributed by atoms with E-state index in [-0.39, 0.29) is 5.82 Å². The number of nitrogens with zero attached hydrogens (tertiary/aromatic N) is 1. The van der Waals surface area contributed by atoms with E-state index in [0.29, 0.717) is 28.1 Å². The third-order valence-electron chi connectivity index (χ3n) is 2.91. The van der Waals surface area contributed by atoms with Crippen molar-refractivity contribution < 1.29 is 18.3 Å². The van der Waals surface area contributed by atoms with Crippen LogP contribution in [0.15, 0.2) is 46.9 Å². The number of rotatable bonds is 2. The van der Waals surface area contributed by atoms with Crippen molar-refractivity contribution in [2.24, 2.45) is 0 Å². The first-order valence-corrected chi connectivity index (χ1v) is 5.93. The maximum absolute atomic E-state index is 12.9.